The van der Waals surface area contributed by atoms with Crippen LogP contribution in [0.1, 0.15) is 24.3 Å². The van der Waals surface area contributed by atoms with Gasteiger partial charge in [0.2, 0.25) is 5.88 Å². The third kappa shape index (κ3) is 2.28. The van der Waals surface area contributed by atoms with Crippen molar-refractivity contribution in [1.82, 2.24) is 4.98 Å². The minimum absolute atomic E-state index is 0.0281. The zero-order valence-electron chi connectivity index (χ0n) is 8.07. The Labute approximate surface area is 77.8 Å². The molecule has 1 heterocycles. The molecule has 0 atom stereocenters. The molecule has 0 aliphatic carbocycles. The quantitative estimate of drug-likeness (QED) is 0.665. The van der Waals surface area contributed by atoms with Gasteiger partial charge in [-0.2, -0.15) is 0 Å². The molecule has 0 unspecified atom stereocenters. The normalized spacial score (nSPS) is 10.2. The van der Waals surface area contributed by atoms with E-state index in [2.05, 4.69) is 4.98 Å². The average molecular weight is 179 g/mol. The van der Waals surface area contributed by atoms with Crippen LogP contribution in [0.2, 0.25) is 0 Å². The van der Waals surface area contributed by atoms with Gasteiger partial charge in [0.1, 0.15) is 5.69 Å². The van der Waals surface area contributed by atoms with Crippen LogP contribution in [-0.2, 0) is 0 Å². The first-order valence-electron chi connectivity index (χ1n) is 4.20. The van der Waals surface area contributed by atoms with Crippen LogP contribution in [0.25, 0.3) is 0 Å². The fourth-order valence-corrected chi connectivity index (χ4v) is 0.962. The van der Waals surface area contributed by atoms with Crippen molar-refractivity contribution in [3.05, 3.63) is 23.9 Å². The Bertz CT molecular complexity index is 308. The number of Topliss-reactive ketones (excluding diaryl/α,β-unsaturated/α-hetero) is 1. The molecule has 0 aliphatic rings. The van der Waals surface area contributed by atoms with E-state index in [-0.39, 0.29) is 11.7 Å². The molecule has 1 aromatic heterocycles. The lowest BCUT2D eigenvalue weighted by Crippen LogP contribution is -2.09. The first-order valence-corrected chi connectivity index (χ1v) is 4.20. The summed E-state index contributed by atoms with van der Waals surface area (Å²) >= 11 is 0. The van der Waals surface area contributed by atoms with Crippen molar-refractivity contribution in [3.8, 4) is 5.88 Å². The van der Waals surface area contributed by atoms with Gasteiger partial charge < -0.3 is 4.74 Å². The second kappa shape index (κ2) is 4.03. The summed E-state index contributed by atoms with van der Waals surface area (Å²) in [5, 5.41) is 0. The predicted octanol–water partition coefficient (Wildman–Crippen LogP) is 1.93. The van der Waals surface area contributed by atoms with Gasteiger partial charge >= 0.3 is 0 Å². The summed E-state index contributed by atoms with van der Waals surface area (Å²) in [5.74, 6) is 0.491. The van der Waals surface area contributed by atoms with Gasteiger partial charge in [-0.25, -0.2) is 4.98 Å². The maximum Gasteiger partial charge on any atom is 0.213 e. The van der Waals surface area contributed by atoms with Crippen molar-refractivity contribution < 1.29 is 9.53 Å². The van der Waals surface area contributed by atoms with Crippen molar-refractivity contribution in [2.24, 2.45) is 5.92 Å². The number of pyridine rings is 1. The molecule has 1 rings (SSSR count). The highest BCUT2D eigenvalue weighted by Gasteiger charge is 2.11. The Kier molecular flexibility index (Phi) is 3.01. The SMILES string of the molecule is COc1cccc(C(=O)C(C)C)n1. The zero-order chi connectivity index (χ0) is 9.84. The predicted molar refractivity (Wildman–Crippen MR) is 50.0 cm³/mol. The maximum atomic E-state index is 11.5. The van der Waals surface area contributed by atoms with Crippen LogP contribution in [0.4, 0.5) is 0 Å². The van der Waals surface area contributed by atoms with Crippen molar-refractivity contribution >= 4 is 5.78 Å². The van der Waals surface area contributed by atoms with Gasteiger partial charge in [-0.3, -0.25) is 4.79 Å². The molecule has 3 heteroatoms. The van der Waals surface area contributed by atoms with E-state index >= 15 is 0 Å². The molecule has 0 spiro atoms. The molecule has 0 radical (unpaired) electrons. The molecule has 0 saturated heterocycles. The first-order chi connectivity index (χ1) is 6.15. The number of hydrogen-bond donors (Lipinski definition) is 0. The summed E-state index contributed by atoms with van der Waals surface area (Å²) in [5.41, 5.74) is 0.467. The highest BCUT2D eigenvalue weighted by Crippen LogP contribution is 2.10. The van der Waals surface area contributed by atoms with Gasteiger partial charge in [0.05, 0.1) is 7.11 Å². The van der Waals surface area contributed by atoms with Crippen LogP contribution in [0.3, 0.4) is 0 Å². The largest absolute Gasteiger partial charge is 0.481 e. The number of methoxy groups -OCH3 is 1. The van der Waals surface area contributed by atoms with Crippen LogP contribution in [-0.4, -0.2) is 17.9 Å². The number of aromatic nitrogens is 1. The van der Waals surface area contributed by atoms with Gasteiger partial charge in [0.25, 0.3) is 0 Å². The van der Waals surface area contributed by atoms with E-state index in [0.717, 1.165) is 0 Å². The van der Waals surface area contributed by atoms with E-state index in [1.54, 1.807) is 18.2 Å². The van der Waals surface area contributed by atoms with Gasteiger partial charge in [0.15, 0.2) is 5.78 Å². The Morgan fingerprint density at radius 3 is 2.69 bits per heavy atom. The summed E-state index contributed by atoms with van der Waals surface area (Å²) in [4.78, 5) is 15.5. The summed E-state index contributed by atoms with van der Waals surface area (Å²) in [7, 11) is 1.53. The molecule has 3 nitrogen and oxygen atoms in total. The first kappa shape index (κ1) is 9.71. The molecule has 0 N–H and O–H groups in total. The Morgan fingerprint density at radius 2 is 2.15 bits per heavy atom. The number of rotatable bonds is 3. The van der Waals surface area contributed by atoms with Gasteiger partial charge in [-0.05, 0) is 6.07 Å². The number of ether oxygens (including phenoxy) is 1. The molecule has 0 saturated carbocycles. The highest BCUT2D eigenvalue weighted by molar-refractivity contribution is 5.95. The van der Waals surface area contributed by atoms with E-state index < -0.39 is 0 Å². The Balaban J connectivity index is 2.95. The van der Waals surface area contributed by atoms with E-state index in [0.29, 0.717) is 11.6 Å². The Morgan fingerprint density at radius 1 is 1.46 bits per heavy atom. The smallest absolute Gasteiger partial charge is 0.213 e. The number of carbonyl (C=O) groups is 1. The summed E-state index contributed by atoms with van der Waals surface area (Å²) in [6, 6.07) is 5.18. The third-order valence-corrected chi connectivity index (χ3v) is 1.71. The monoisotopic (exact) mass is 179 g/mol. The Hall–Kier alpha value is -1.38. The van der Waals surface area contributed by atoms with Gasteiger partial charge in [-0.15, -0.1) is 0 Å². The van der Waals surface area contributed by atoms with Crippen molar-refractivity contribution in [1.29, 1.82) is 0 Å². The minimum atomic E-state index is -0.0281. The fraction of sp³-hybridized carbons (Fsp3) is 0.400. The van der Waals surface area contributed by atoms with E-state index in [1.165, 1.54) is 7.11 Å². The summed E-state index contributed by atoms with van der Waals surface area (Å²) < 4.78 is 4.92. The van der Waals surface area contributed by atoms with Crippen LogP contribution >= 0.6 is 0 Å². The summed E-state index contributed by atoms with van der Waals surface area (Å²) in [6.07, 6.45) is 0. The molecule has 70 valence electrons. The van der Waals surface area contributed by atoms with Crippen LogP contribution in [0.5, 0.6) is 5.88 Å². The van der Waals surface area contributed by atoms with E-state index in [1.807, 2.05) is 13.8 Å². The number of carbonyl (C=O) groups excluding carboxylic acids is 1. The molecule has 13 heavy (non-hydrogen) atoms. The number of nitrogens with zero attached hydrogens (tertiary/aromatic N) is 1. The molecule has 1 aromatic rings. The lowest BCUT2D eigenvalue weighted by atomic mass is 10.1. The third-order valence-electron chi connectivity index (χ3n) is 1.71. The lowest BCUT2D eigenvalue weighted by molar-refractivity contribution is 0.0933. The number of ketones is 1. The molecule has 0 amide bonds. The molecular formula is C10H13NO2. The molecule has 0 aromatic carbocycles. The summed E-state index contributed by atoms with van der Waals surface area (Å²) in [6.45, 7) is 3.70. The van der Waals surface area contributed by atoms with Crippen LogP contribution in [0.15, 0.2) is 18.2 Å². The topological polar surface area (TPSA) is 39.2 Å². The standard InChI is InChI=1S/C10H13NO2/c1-7(2)10(12)8-5-4-6-9(11-8)13-3/h4-7H,1-3H3. The zero-order valence-corrected chi connectivity index (χ0v) is 8.07. The van der Waals surface area contributed by atoms with Gasteiger partial charge in [-0.1, -0.05) is 19.9 Å². The van der Waals surface area contributed by atoms with Gasteiger partial charge in [0, 0.05) is 12.0 Å². The minimum Gasteiger partial charge on any atom is -0.481 e. The highest BCUT2D eigenvalue weighted by atomic mass is 16.5. The molecule has 0 bridgehead atoms. The van der Waals surface area contributed by atoms with Crippen LogP contribution < -0.4 is 4.74 Å². The van der Waals surface area contributed by atoms with E-state index in [9.17, 15) is 4.79 Å². The molecule has 0 aliphatic heterocycles. The van der Waals surface area contributed by atoms with Crippen molar-refractivity contribution in [2.75, 3.05) is 7.11 Å². The van der Waals surface area contributed by atoms with Crippen LogP contribution in [0, 0.1) is 5.92 Å². The lowest BCUT2D eigenvalue weighted by Gasteiger charge is -2.04. The van der Waals surface area contributed by atoms with Crippen molar-refractivity contribution in [2.45, 2.75) is 13.8 Å². The average Bonchev–Trinajstić information content (AvgIpc) is 2.16. The number of hydrogen-bond acceptors (Lipinski definition) is 3. The van der Waals surface area contributed by atoms with Crippen molar-refractivity contribution in [3.63, 3.8) is 0 Å². The second-order valence-corrected chi connectivity index (χ2v) is 3.08. The fourth-order valence-electron chi connectivity index (χ4n) is 0.962. The molecule has 0 fully saturated rings. The molecular weight excluding hydrogens is 166 g/mol. The van der Waals surface area contributed by atoms with E-state index in [4.69, 9.17) is 4.74 Å². The maximum absolute atomic E-state index is 11.5. The second-order valence-electron chi connectivity index (χ2n) is 3.08.